The summed E-state index contributed by atoms with van der Waals surface area (Å²) in [6.45, 7) is 1.50. The van der Waals surface area contributed by atoms with E-state index < -0.39 is 6.10 Å². The van der Waals surface area contributed by atoms with Crippen LogP contribution in [-0.4, -0.2) is 26.3 Å². The quantitative estimate of drug-likeness (QED) is 0.510. The summed E-state index contributed by atoms with van der Waals surface area (Å²) >= 11 is 0.915. The molecule has 0 aliphatic heterocycles. The van der Waals surface area contributed by atoms with Crippen molar-refractivity contribution < 1.29 is 5.11 Å². The molecule has 3 N–H and O–H groups in total. The maximum atomic E-state index is 9.05. The number of rotatable bonds is 2. The zero-order chi connectivity index (χ0) is 10.6. The molecule has 5 heteroatoms. The van der Waals surface area contributed by atoms with Crippen LogP contribution in [0.5, 0.6) is 0 Å². The van der Waals surface area contributed by atoms with E-state index >= 15 is 0 Å². The number of pyridine rings is 1. The first-order chi connectivity index (χ1) is 6.61. The number of hydrogen-bond acceptors (Lipinski definition) is 5. The number of aliphatic hydroxyl groups is 1. The first kappa shape index (κ1) is 10.9. The molecule has 0 saturated carbocycles. The summed E-state index contributed by atoms with van der Waals surface area (Å²) in [5, 5.41) is 24.3. The van der Waals surface area contributed by atoms with Crippen LogP contribution in [0, 0.1) is 10.8 Å². The van der Waals surface area contributed by atoms with Gasteiger partial charge in [0.15, 0.2) is 0 Å². The molecule has 0 unspecified atom stereocenters. The summed E-state index contributed by atoms with van der Waals surface area (Å²) in [5.41, 5.74) is 0.517. The Bertz CT molecular complexity index is 337. The van der Waals surface area contributed by atoms with Crippen molar-refractivity contribution >= 4 is 21.8 Å². The Balaban J connectivity index is 2.65. The lowest BCUT2D eigenvalue weighted by Gasteiger charge is -2.06. The number of nitrogens with one attached hydrogen (secondary N) is 2. The molecule has 1 rings (SSSR count). The average molecular weight is 209 g/mol. The van der Waals surface area contributed by atoms with Crippen molar-refractivity contribution in [1.82, 2.24) is 4.98 Å². The van der Waals surface area contributed by atoms with E-state index in [4.69, 9.17) is 15.9 Å². The molecule has 0 aromatic carbocycles. The van der Waals surface area contributed by atoms with Crippen LogP contribution >= 0.6 is 11.8 Å². The van der Waals surface area contributed by atoms with Gasteiger partial charge >= 0.3 is 0 Å². The molecule has 0 radical (unpaired) electrons. The van der Waals surface area contributed by atoms with Gasteiger partial charge < -0.3 is 5.11 Å². The van der Waals surface area contributed by atoms with Crippen LogP contribution in [-0.2, 0) is 0 Å². The molecule has 0 saturated heterocycles. The molecule has 0 fully saturated rings. The van der Waals surface area contributed by atoms with E-state index in [1.165, 1.54) is 6.92 Å². The summed E-state index contributed by atoms with van der Waals surface area (Å²) < 4.78 is 0. The molecule has 0 aliphatic rings. The van der Waals surface area contributed by atoms with Crippen LogP contribution in [0.2, 0.25) is 0 Å². The maximum absolute atomic E-state index is 9.05. The smallest absolute Gasteiger partial charge is 0.119 e. The highest BCUT2D eigenvalue weighted by Crippen LogP contribution is 2.12. The van der Waals surface area contributed by atoms with E-state index in [0.29, 0.717) is 5.69 Å². The Morgan fingerprint density at radius 2 is 2.21 bits per heavy atom. The molecule has 1 aromatic heterocycles. The van der Waals surface area contributed by atoms with Crippen molar-refractivity contribution in [2.75, 3.05) is 0 Å². The van der Waals surface area contributed by atoms with Crippen LogP contribution in [0.25, 0.3) is 0 Å². The molecule has 1 atom stereocenters. The summed E-state index contributed by atoms with van der Waals surface area (Å²) in [5.74, 6) is 0. The third-order valence-electron chi connectivity index (χ3n) is 1.49. The number of aliphatic hydroxyl groups excluding tert-OH is 1. The van der Waals surface area contributed by atoms with Crippen LogP contribution in [0.4, 0.5) is 0 Å². The lowest BCUT2D eigenvalue weighted by Crippen LogP contribution is -2.13. The minimum absolute atomic E-state index is 0.0562. The highest BCUT2D eigenvalue weighted by Gasteiger charge is 2.10. The topological polar surface area (TPSA) is 80.8 Å². The zero-order valence-electron chi connectivity index (χ0n) is 7.69. The molecule has 0 amide bonds. The summed E-state index contributed by atoms with van der Waals surface area (Å²) in [6.07, 6.45) is 0.764. The van der Waals surface area contributed by atoms with Crippen molar-refractivity contribution in [1.29, 1.82) is 10.8 Å². The molecule has 14 heavy (non-hydrogen) atoms. The Kier molecular flexibility index (Phi) is 3.79. The molecule has 0 aliphatic carbocycles. The Morgan fingerprint density at radius 1 is 1.50 bits per heavy atom. The van der Waals surface area contributed by atoms with Gasteiger partial charge in [0.05, 0.1) is 16.8 Å². The van der Waals surface area contributed by atoms with Crippen molar-refractivity contribution in [3.63, 3.8) is 0 Å². The number of hydrogen-bond donors (Lipinski definition) is 3. The highest BCUT2D eigenvalue weighted by atomic mass is 32.2. The van der Waals surface area contributed by atoms with E-state index in [0.717, 1.165) is 11.8 Å². The van der Waals surface area contributed by atoms with Gasteiger partial charge in [0.25, 0.3) is 0 Å². The van der Waals surface area contributed by atoms with E-state index in [1.807, 2.05) is 0 Å². The Morgan fingerprint density at radius 3 is 2.71 bits per heavy atom. The van der Waals surface area contributed by atoms with Crippen molar-refractivity contribution in [3.05, 3.63) is 30.1 Å². The van der Waals surface area contributed by atoms with E-state index in [2.05, 4.69) is 4.98 Å². The first-order valence-electron chi connectivity index (χ1n) is 4.05. The van der Waals surface area contributed by atoms with Crippen LogP contribution in [0.1, 0.15) is 12.6 Å². The second-order valence-corrected chi connectivity index (χ2v) is 3.74. The van der Waals surface area contributed by atoms with Gasteiger partial charge in [-0.1, -0.05) is 17.8 Å². The lowest BCUT2D eigenvalue weighted by atomic mass is 10.4. The normalized spacial score (nSPS) is 12.1. The van der Waals surface area contributed by atoms with Gasteiger partial charge in [-0.25, -0.2) is 0 Å². The SMILES string of the molecule is C[C@@H](O)C(=N)SC(=N)c1ccccn1. The Hall–Kier alpha value is -1.20. The van der Waals surface area contributed by atoms with E-state index in [1.54, 1.807) is 24.4 Å². The maximum Gasteiger partial charge on any atom is 0.119 e. The minimum atomic E-state index is -0.830. The van der Waals surface area contributed by atoms with Gasteiger partial charge in [0, 0.05) is 6.20 Å². The highest BCUT2D eigenvalue weighted by molar-refractivity contribution is 8.26. The van der Waals surface area contributed by atoms with Crippen molar-refractivity contribution in [2.45, 2.75) is 13.0 Å². The van der Waals surface area contributed by atoms with Gasteiger partial charge in [-0.05, 0) is 19.1 Å². The summed E-state index contributed by atoms with van der Waals surface area (Å²) in [7, 11) is 0. The van der Waals surface area contributed by atoms with E-state index in [9.17, 15) is 0 Å². The van der Waals surface area contributed by atoms with Crippen LogP contribution < -0.4 is 0 Å². The largest absolute Gasteiger partial charge is 0.387 e. The summed E-state index contributed by atoms with van der Waals surface area (Å²) in [4.78, 5) is 3.97. The second-order valence-electron chi connectivity index (χ2n) is 2.69. The molecular formula is C9H11N3OS. The predicted molar refractivity (Wildman–Crippen MR) is 58.1 cm³/mol. The fourth-order valence-electron chi connectivity index (χ4n) is 0.745. The van der Waals surface area contributed by atoms with Gasteiger partial charge in [0.1, 0.15) is 5.04 Å². The van der Waals surface area contributed by atoms with Crippen molar-refractivity contribution in [2.24, 2.45) is 0 Å². The molecule has 0 spiro atoms. The van der Waals surface area contributed by atoms with Gasteiger partial charge in [-0.2, -0.15) is 0 Å². The van der Waals surface area contributed by atoms with Crippen LogP contribution in [0.3, 0.4) is 0 Å². The van der Waals surface area contributed by atoms with Crippen LogP contribution in [0.15, 0.2) is 24.4 Å². The standard InChI is InChI=1S/C9H11N3OS/c1-6(13)8(10)14-9(11)7-4-2-3-5-12-7/h2-6,10-11,13H,1H3/t6-/m1/s1. The number of nitrogens with zero attached hydrogens (tertiary/aromatic N) is 1. The molecule has 74 valence electrons. The average Bonchev–Trinajstić information content (AvgIpc) is 2.19. The third kappa shape index (κ3) is 2.93. The first-order valence-corrected chi connectivity index (χ1v) is 4.87. The van der Waals surface area contributed by atoms with Gasteiger partial charge in [0.2, 0.25) is 0 Å². The van der Waals surface area contributed by atoms with Crippen molar-refractivity contribution in [3.8, 4) is 0 Å². The third-order valence-corrected chi connectivity index (χ3v) is 2.46. The van der Waals surface area contributed by atoms with Gasteiger partial charge in [-0.3, -0.25) is 15.8 Å². The predicted octanol–water partition coefficient (Wildman–Crippen LogP) is 1.50. The van der Waals surface area contributed by atoms with E-state index in [-0.39, 0.29) is 10.1 Å². The minimum Gasteiger partial charge on any atom is -0.387 e. The molecule has 0 bridgehead atoms. The van der Waals surface area contributed by atoms with Gasteiger partial charge in [-0.15, -0.1) is 0 Å². The second kappa shape index (κ2) is 4.88. The lowest BCUT2D eigenvalue weighted by molar-refractivity contribution is 0.264. The monoisotopic (exact) mass is 209 g/mol. The molecule has 4 nitrogen and oxygen atoms in total. The number of aromatic nitrogens is 1. The number of thioether (sulfide) groups is 1. The fourth-order valence-corrected chi connectivity index (χ4v) is 1.36. The Labute approximate surface area is 86.4 Å². The zero-order valence-corrected chi connectivity index (χ0v) is 8.51. The summed E-state index contributed by atoms with van der Waals surface area (Å²) in [6, 6.07) is 5.25. The molecule has 1 aromatic rings. The molecule has 1 heterocycles. The fraction of sp³-hybridized carbons (Fsp3) is 0.222. The molecular weight excluding hydrogens is 198 g/mol.